The van der Waals surface area contributed by atoms with Crippen LogP contribution in [-0.2, 0) is 9.47 Å². The van der Waals surface area contributed by atoms with Crippen molar-refractivity contribution >= 4 is 12.2 Å². The maximum atomic E-state index is 11.9. The molecule has 1 heterocycles. The predicted molar refractivity (Wildman–Crippen MR) is 77.9 cm³/mol. The summed E-state index contributed by atoms with van der Waals surface area (Å²) in [7, 11) is 0. The highest BCUT2D eigenvalue weighted by Crippen LogP contribution is 2.45. The molecule has 2 rings (SSSR count). The van der Waals surface area contributed by atoms with Gasteiger partial charge in [0.1, 0.15) is 11.2 Å². The van der Waals surface area contributed by atoms with Crippen molar-refractivity contribution < 1.29 is 19.1 Å². The smallest absolute Gasteiger partial charge is 0.410 e. The number of nitrogens with zero attached hydrogens (tertiary/aromatic N) is 1. The maximum Gasteiger partial charge on any atom is 0.410 e. The second kappa shape index (κ2) is 5.07. The first-order valence-electron chi connectivity index (χ1n) is 7.44. The maximum absolute atomic E-state index is 11.9. The fourth-order valence-electron chi connectivity index (χ4n) is 2.66. The number of rotatable bonds is 1. The molecule has 0 radical (unpaired) electrons. The summed E-state index contributed by atoms with van der Waals surface area (Å²) in [4.78, 5) is 25.4. The number of amides is 2. The molecular formula is C15H26N2O4. The largest absolute Gasteiger partial charge is 0.444 e. The number of alkyl carbamates (subject to hydrolysis) is 1. The van der Waals surface area contributed by atoms with Crippen molar-refractivity contribution in [3.05, 3.63) is 0 Å². The molecule has 0 spiro atoms. The van der Waals surface area contributed by atoms with Gasteiger partial charge in [-0.2, -0.15) is 0 Å². The lowest BCUT2D eigenvalue weighted by atomic mass is 10.2. The molecule has 3 atom stereocenters. The Morgan fingerprint density at radius 1 is 0.952 bits per heavy atom. The second-order valence-electron chi connectivity index (χ2n) is 7.89. The summed E-state index contributed by atoms with van der Waals surface area (Å²) in [5.41, 5.74) is -0.964. The third-order valence-electron chi connectivity index (χ3n) is 3.53. The van der Waals surface area contributed by atoms with Crippen molar-refractivity contribution in [2.24, 2.45) is 11.8 Å². The van der Waals surface area contributed by atoms with Crippen LogP contribution in [0.3, 0.4) is 0 Å². The number of nitrogens with one attached hydrogen (secondary N) is 1. The van der Waals surface area contributed by atoms with Gasteiger partial charge in [-0.3, -0.25) is 0 Å². The van der Waals surface area contributed by atoms with E-state index >= 15 is 0 Å². The van der Waals surface area contributed by atoms with E-state index in [1.165, 1.54) is 0 Å². The van der Waals surface area contributed by atoms with Crippen molar-refractivity contribution in [2.75, 3.05) is 13.1 Å². The Balaban J connectivity index is 1.75. The van der Waals surface area contributed by atoms with Gasteiger partial charge in [-0.25, -0.2) is 9.59 Å². The molecule has 1 saturated carbocycles. The van der Waals surface area contributed by atoms with Crippen LogP contribution < -0.4 is 5.32 Å². The molecule has 0 aromatic heterocycles. The third kappa shape index (κ3) is 4.25. The number of hydrogen-bond acceptors (Lipinski definition) is 4. The van der Waals surface area contributed by atoms with Crippen LogP contribution in [0.25, 0.3) is 0 Å². The lowest BCUT2D eigenvalue weighted by molar-refractivity contribution is 0.0267. The lowest BCUT2D eigenvalue weighted by Gasteiger charge is -2.26. The van der Waals surface area contributed by atoms with Gasteiger partial charge in [0.25, 0.3) is 0 Å². The molecule has 6 nitrogen and oxygen atoms in total. The highest BCUT2D eigenvalue weighted by Gasteiger charge is 2.58. The highest BCUT2D eigenvalue weighted by atomic mass is 16.6. The molecule has 2 amide bonds. The molecule has 2 aliphatic rings. The summed E-state index contributed by atoms with van der Waals surface area (Å²) in [5, 5.41) is 2.88. The quantitative estimate of drug-likeness (QED) is 0.807. The van der Waals surface area contributed by atoms with Gasteiger partial charge in [-0.15, -0.1) is 0 Å². The Hall–Kier alpha value is -1.46. The molecule has 1 aliphatic heterocycles. The van der Waals surface area contributed by atoms with Crippen LogP contribution in [0.2, 0.25) is 0 Å². The molecule has 6 heteroatoms. The first-order valence-corrected chi connectivity index (χ1v) is 7.44. The van der Waals surface area contributed by atoms with Crippen LogP contribution in [0.5, 0.6) is 0 Å². The third-order valence-corrected chi connectivity index (χ3v) is 3.53. The van der Waals surface area contributed by atoms with Crippen molar-refractivity contribution in [1.82, 2.24) is 10.2 Å². The molecule has 21 heavy (non-hydrogen) atoms. The average molecular weight is 298 g/mol. The van der Waals surface area contributed by atoms with Gasteiger partial charge >= 0.3 is 12.2 Å². The van der Waals surface area contributed by atoms with Gasteiger partial charge in [0.15, 0.2) is 0 Å². The predicted octanol–water partition coefficient (Wildman–Crippen LogP) is 2.38. The van der Waals surface area contributed by atoms with E-state index in [0.717, 1.165) is 0 Å². The van der Waals surface area contributed by atoms with E-state index < -0.39 is 11.2 Å². The van der Waals surface area contributed by atoms with E-state index in [-0.39, 0.29) is 18.2 Å². The Labute approximate surface area is 126 Å². The topological polar surface area (TPSA) is 67.9 Å². The minimum Gasteiger partial charge on any atom is -0.444 e. The van der Waals surface area contributed by atoms with Crippen molar-refractivity contribution in [3.63, 3.8) is 0 Å². The molecule has 1 aliphatic carbocycles. The van der Waals surface area contributed by atoms with Crippen molar-refractivity contribution in [2.45, 2.75) is 58.8 Å². The molecule has 120 valence electrons. The summed E-state index contributed by atoms with van der Waals surface area (Å²) in [6, 6.07) is 0.124. The van der Waals surface area contributed by atoms with Crippen LogP contribution in [-0.4, -0.2) is 47.4 Å². The number of likely N-dealkylation sites (tertiary alicyclic amines) is 1. The van der Waals surface area contributed by atoms with Gasteiger partial charge in [0.2, 0.25) is 0 Å². The Morgan fingerprint density at radius 2 is 1.43 bits per heavy atom. The standard InChI is InChI=1S/C15H26N2O4/c1-14(2,3)20-12(18)16-11-9-7-17(8-10(9)11)13(19)21-15(4,5)6/h9-11H,7-8H2,1-6H3,(H,16,18)/t9-,10+,11?. The Bertz CT molecular complexity index is 424. The summed E-state index contributed by atoms with van der Waals surface area (Å²) >= 11 is 0. The Kier molecular flexibility index (Phi) is 3.84. The van der Waals surface area contributed by atoms with E-state index in [2.05, 4.69) is 5.32 Å². The first-order chi connectivity index (χ1) is 9.46. The molecule has 0 aromatic carbocycles. The van der Waals surface area contributed by atoms with Crippen LogP contribution >= 0.6 is 0 Å². The highest BCUT2D eigenvalue weighted by molar-refractivity contribution is 5.71. The van der Waals surface area contributed by atoms with E-state index in [1.54, 1.807) is 4.90 Å². The number of carbonyl (C=O) groups excluding carboxylic acids is 2. The number of piperidine rings is 1. The van der Waals surface area contributed by atoms with Gasteiger partial charge in [0.05, 0.1) is 0 Å². The van der Waals surface area contributed by atoms with Crippen molar-refractivity contribution in [1.29, 1.82) is 0 Å². The summed E-state index contributed by atoms with van der Waals surface area (Å²) in [6.07, 6.45) is -0.656. The SMILES string of the molecule is CC(C)(C)OC(=O)NC1[C@H]2CN(C(=O)OC(C)(C)C)C[C@@H]12. The number of hydrogen-bond donors (Lipinski definition) is 1. The van der Waals surface area contributed by atoms with E-state index in [9.17, 15) is 9.59 Å². The van der Waals surface area contributed by atoms with Crippen LogP contribution in [0.15, 0.2) is 0 Å². The first kappa shape index (κ1) is 15.9. The molecule has 1 saturated heterocycles. The number of carbonyl (C=O) groups is 2. The van der Waals surface area contributed by atoms with E-state index in [1.807, 2.05) is 41.5 Å². The second-order valence-corrected chi connectivity index (χ2v) is 7.89. The number of fused-ring (bicyclic) bond motifs is 1. The van der Waals surface area contributed by atoms with Crippen molar-refractivity contribution in [3.8, 4) is 0 Å². The molecule has 2 fully saturated rings. The van der Waals surface area contributed by atoms with E-state index in [4.69, 9.17) is 9.47 Å². The van der Waals surface area contributed by atoms with Gasteiger partial charge < -0.3 is 19.7 Å². The van der Waals surface area contributed by atoms with Crippen LogP contribution in [0.4, 0.5) is 9.59 Å². The average Bonchev–Trinajstić information content (AvgIpc) is 2.68. The zero-order valence-corrected chi connectivity index (χ0v) is 13.7. The summed E-state index contributed by atoms with van der Waals surface area (Å²) in [5.74, 6) is 0.648. The minimum absolute atomic E-state index is 0.124. The van der Waals surface area contributed by atoms with Gasteiger partial charge in [-0.05, 0) is 41.5 Å². The minimum atomic E-state index is -0.489. The summed E-state index contributed by atoms with van der Waals surface area (Å²) < 4.78 is 10.6. The molecule has 1 unspecified atom stereocenters. The molecule has 0 aromatic rings. The molecular weight excluding hydrogens is 272 g/mol. The number of ether oxygens (including phenoxy) is 2. The van der Waals surface area contributed by atoms with Crippen LogP contribution in [0, 0.1) is 11.8 Å². The molecule has 1 N–H and O–H groups in total. The molecule has 0 bridgehead atoms. The fourth-order valence-corrected chi connectivity index (χ4v) is 2.66. The van der Waals surface area contributed by atoms with Crippen LogP contribution in [0.1, 0.15) is 41.5 Å². The van der Waals surface area contributed by atoms with E-state index in [0.29, 0.717) is 24.9 Å². The zero-order valence-electron chi connectivity index (χ0n) is 13.7. The fraction of sp³-hybridized carbons (Fsp3) is 0.867. The Morgan fingerprint density at radius 3 is 1.86 bits per heavy atom. The van der Waals surface area contributed by atoms with Gasteiger partial charge in [-0.1, -0.05) is 0 Å². The normalized spacial score (nSPS) is 27.9. The lowest BCUT2D eigenvalue weighted by Crippen LogP contribution is -2.41. The zero-order chi connectivity index (χ0) is 16.0. The summed E-state index contributed by atoms with van der Waals surface area (Å²) in [6.45, 7) is 12.4. The monoisotopic (exact) mass is 298 g/mol. The van der Waals surface area contributed by atoms with Gasteiger partial charge in [0, 0.05) is 31.0 Å².